The highest BCUT2D eigenvalue weighted by molar-refractivity contribution is 6.34. The van der Waals surface area contributed by atoms with Crippen LogP contribution >= 0.6 is 23.2 Å². The lowest BCUT2D eigenvalue weighted by atomic mass is 9.89. The van der Waals surface area contributed by atoms with Crippen molar-refractivity contribution in [2.24, 2.45) is 0 Å². The van der Waals surface area contributed by atoms with E-state index < -0.39 is 29.5 Å². The Hall–Kier alpha value is -2.19. The molecule has 5 nitrogen and oxygen atoms in total. The minimum absolute atomic E-state index is 0.0740. The molecule has 10 heteroatoms. The number of benzene rings is 1. The molecule has 0 saturated heterocycles. The molecule has 0 radical (unpaired) electrons. The van der Waals surface area contributed by atoms with E-state index >= 15 is 0 Å². The monoisotopic (exact) mass is 407 g/mol. The largest absolute Gasteiger partial charge is 0.480 e. The van der Waals surface area contributed by atoms with Gasteiger partial charge in [-0.05, 0) is 23.8 Å². The molecule has 3 rings (SSSR count). The topological polar surface area (TPSA) is 68.7 Å². The quantitative estimate of drug-likeness (QED) is 0.600. The summed E-state index contributed by atoms with van der Waals surface area (Å²) in [4.78, 5) is 12.5. The predicted molar refractivity (Wildman–Crippen MR) is 86.2 cm³/mol. The van der Waals surface area contributed by atoms with Crippen molar-refractivity contribution in [3.63, 3.8) is 0 Å². The van der Waals surface area contributed by atoms with E-state index in [1.165, 1.54) is 30.5 Å². The number of ether oxygens (including phenoxy) is 2. The van der Waals surface area contributed by atoms with Gasteiger partial charge in [-0.1, -0.05) is 17.7 Å². The van der Waals surface area contributed by atoms with Crippen molar-refractivity contribution in [1.82, 2.24) is 4.98 Å². The summed E-state index contributed by atoms with van der Waals surface area (Å²) in [6.07, 6.45) is -6.79. The molecule has 0 spiro atoms. The van der Waals surface area contributed by atoms with Crippen molar-refractivity contribution in [2.45, 2.75) is 23.6 Å². The number of halogens is 5. The fourth-order valence-corrected chi connectivity index (χ4v) is 3.00. The van der Waals surface area contributed by atoms with Gasteiger partial charge in [-0.3, -0.25) is 4.79 Å². The van der Waals surface area contributed by atoms with Gasteiger partial charge in [0.05, 0.1) is 0 Å². The zero-order valence-electron chi connectivity index (χ0n) is 12.8. The Bertz CT molecular complexity index is 862. The molecule has 138 valence electrons. The summed E-state index contributed by atoms with van der Waals surface area (Å²) < 4.78 is 50.2. The Balaban J connectivity index is 1.96. The highest BCUT2D eigenvalue weighted by Crippen LogP contribution is 2.45. The van der Waals surface area contributed by atoms with Crippen LogP contribution in [0.25, 0.3) is 0 Å². The standard InChI is InChI=1S/C16H10Cl2F3NO4/c17-12-10(2-1-5-22-12)25-9-4-3-8-7-15(18,14(23)24)13(16(19,20)21)26-11(8)6-9/h1-6,13H,7H2,(H,23,24). The van der Waals surface area contributed by atoms with Crippen LogP contribution in [0.15, 0.2) is 36.5 Å². The molecule has 1 aromatic heterocycles. The number of pyridine rings is 1. The van der Waals surface area contributed by atoms with E-state index in [-0.39, 0.29) is 28.0 Å². The minimum atomic E-state index is -4.97. The van der Waals surface area contributed by atoms with E-state index in [9.17, 15) is 23.1 Å². The van der Waals surface area contributed by atoms with Crippen LogP contribution in [0.2, 0.25) is 5.15 Å². The molecule has 1 aliphatic heterocycles. The lowest BCUT2D eigenvalue weighted by Crippen LogP contribution is -2.58. The molecule has 0 aliphatic carbocycles. The van der Waals surface area contributed by atoms with Gasteiger partial charge in [0.15, 0.2) is 15.8 Å². The van der Waals surface area contributed by atoms with Crippen LogP contribution in [0.5, 0.6) is 17.2 Å². The fraction of sp³-hybridized carbons (Fsp3) is 0.250. The molecule has 2 atom stereocenters. The number of fused-ring (bicyclic) bond motifs is 1. The van der Waals surface area contributed by atoms with Crippen molar-refractivity contribution >= 4 is 29.2 Å². The zero-order chi connectivity index (χ0) is 19.1. The number of alkyl halides is 4. The molecular formula is C16H10Cl2F3NO4. The van der Waals surface area contributed by atoms with Crippen LogP contribution in [-0.4, -0.2) is 33.2 Å². The molecule has 1 N–H and O–H groups in total. The Morgan fingerprint density at radius 1 is 1.38 bits per heavy atom. The van der Waals surface area contributed by atoms with Gasteiger partial charge in [-0.25, -0.2) is 4.98 Å². The average molecular weight is 408 g/mol. The first-order valence-corrected chi connectivity index (χ1v) is 7.94. The van der Waals surface area contributed by atoms with E-state index in [2.05, 4.69) is 4.98 Å². The zero-order valence-corrected chi connectivity index (χ0v) is 14.3. The van der Waals surface area contributed by atoms with Crippen molar-refractivity contribution in [3.05, 3.63) is 47.2 Å². The Morgan fingerprint density at radius 2 is 2.12 bits per heavy atom. The number of hydrogen-bond acceptors (Lipinski definition) is 4. The SMILES string of the molecule is O=C(O)C1(Cl)Cc2ccc(Oc3cccnc3Cl)cc2OC1C(F)(F)F. The second kappa shape index (κ2) is 6.51. The van der Waals surface area contributed by atoms with Crippen LogP contribution in [0.4, 0.5) is 13.2 Å². The average Bonchev–Trinajstić information content (AvgIpc) is 2.55. The Kier molecular flexibility index (Phi) is 4.66. The summed E-state index contributed by atoms with van der Waals surface area (Å²) in [6, 6.07) is 7.16. The van der Waals surface area contributed by atoms with Gasteiger partial charge >= 0.3 is 12.1 Å². The van der Waals surface area contributed by atoms with Gasteiger partial charge in [-0.15, -0.1) is 11.6 Å². The first-order valence-electron chi connectivity index (χ1n) is 7.18. The first kappa shape index (κ1) is 18.6. The Morgan fingerprint density at radius 3 is 2.73 bits per heavy atom. The summed E-state index contributed by atoms with van der Waals surface area (Å²) in [6.45, 7) is 0. The molecule has 0 saturated carbocycles. The third-order valence-electron chi connectivity index (χ3n) is 3.75. The molecule has 0 amide bonds. The van der Waals surface area contributed by atoms with Crippen LogP contribution in [-0.2, 0) is 11.2 Å². The molecule has 0 bridgehead atoms. The van der Waals surface area contributed by atoms with Gasteiger partial charge in [-0.2, -0.15) is 13.2 Å². The molecule has 2 heterocycles. The van der Waals surface area contributed by atoms with Gasteiger partial charge in [0.25, 0.3) is 0 Å². The molecule has 1 aromatic carbocycles. The number of carbonyl (C=O) groups is 1. The van der Waals surface area contributed by atoms with Gasteiger partial charge in [0.1, 0.15) is 11.5 Å². The summed E-state index contributed by atoms with van der Waals surface area (Å²) >= 11 is 11.7. The normalized spacial score (nSPS) is 22.3. The van der Waals surface area contributed by atoms with E-state index in [0.717, 1.165) is 0 Å². The van der Waals surface area contributed by atoms with Gasteiger partial charge in [0, 0.05) is 18.7 Å². The lowest BCUT2D eigenvalue weighted by molar-refractivity contribution is -0.212. The number of carboxylic acids is 1. The van der Waals surface area contributed by atoms with Gasteiger partial charge < -0.3 is 14.6 Å². The number of nitrogens with zero attached hydrogens (tertiary/aromatic N) is 1. The second-order valence-corrected chi connectivity index (χ2v) is 6.58. The van der Waals surface area contributed by atoms with Gasteiger partial charge in [0.2, 0.25) is 6.10 Å². The highest BCUT2D eigenvalue weighted by atomic mass is 35.5. The first-order chi connectivity index (χ1) is 12.1. The third-order valence-corrected chi connectivity index (χ3v) is 4.53. The predicted octanol–water partition coefficient (Wildman–Crippen LogP) is 4.46. The molecule has 2 aromatic rings. The van der Waals surface area contributed by atoms with E-state index in [4.69, 9.17) is 32.7 Å². The fourth-order valence-electron chi connectivity index (χ4n) is 2.53. The van der Waals surface area contributed by atoms with E-state index in [0.29, 0.717) is 0 Å². The van der Waals surface area contributed by atoms with E-state index in [1.54, 1.807) is 6.07 Å². The number of hydrogen-bond donors (Lipinski definition) is 1. The highest BCUT2D eigenvalue weighted by Gasteiger charge is 2.61. The molecule has 26 heavy (non-hydrogen) atoms. The second-order valence-electron chi connectivity index (χ2n) is 5.55. The van der Waals surface area contributed by atoms with Crippen molar-refractivity contribution in [2.75, 3.05) is 0 Å². The molecule has 2 unspecified atom stereocenters. The summed E-state index contributed by atoms with van der Waals surface area (Å²) in [5.74, 6) is -1.62. The van der Waals surface area contributed by atoms with Crippen LogP contribution < -0.4 is 9.47 Å². The molecule has 0 fully saturated rings. The lowest BCUT2D eigenvalue weighted by Gasteiger charge is -2.38. The maximum absolute atomic E-state index is 13.3. The van der Waals surface area contributed by atoms with Crippen LogP contribution in [0.1, 0.15) is 5.56 Å². The van der Waals surface area contributed by atoms with E-state index in [1.807, 2.05) is 0 Å². The van der Waals surface area contributed by atoms with Crippen molar-refractivity contribution < 1.29 is 32.5 Å². The molecule has 1 aliphatic rings. The summed E-state index contributed by atoms with van der Waals surface area (Å²) in [7, 11) is 0. The maximum Gasteiger partial charge on any atom is 0.427 e. The third kappa shape index (κ3) is 3.39. The maximum atomic E-state index is 13.3. The number of rotatable bonds is 3. The summed E-state index contributed by atoms with van der Waals surface area (Å²) in [5.41, 5.74) is 0.215. The van der Waals surface area contributed by atoms with Crippen molar-refractivity contribution in [1.29, 1.82) is 0 Å². The Labute approximate surface area is 155 Å². The smallest absolute Gasteiger partial charge is 0.427 e. The summed E-state index contributed by atoms with van der Waals surface area (Å²) in [5, 5.41) is 9.25. The van der Waals surface area contributed by atoms with Crippen molar-refractivity contribution in [3.8, 4) is 17.2 Å². The number of aliphatic carboxylic acids is 1. The van der Waals surface area contributed by atoms with Crippen LogP contribution in [0.3, 0.4) is 0 Å². The number of aromatic nitrogens is 1. The van der Waals surface area contributed by atoms with Crippen LogP contribution in [0, 0.1) is 0 Å². The number of carboxylic acid groups (broad SMARTS) is 1. The minimum Gasteiger partial charge on any atom is -0.480 e. The molecular weight excluding hydrogens is 398 g/mol.